The van der Waals surface area contributed by atoms with Gasteiger partial charge in [-0.25, -0.2) is 9.59 Å². The maximum absolute atomic E-state index is 10.6. The van der Waals surface area contributed by atoms with Gasteiger partial charge in [0.15, 0.2) is 0 Å². The molecule has 78 valence electrons. The fraction of sp³-hybridized carbons (Fsp3) is 0.714. The number of nitrogens with one attached hydrogen (secondary N) is 1. The minimum atomic E-state index is -1.06. The summed E-state index contributed by atoms with van der Waals surface area (Å²) < 4.78 is 4.27. The van der Waals surface area contributed by atoms with Gasteiger partial charge in [-0.1, -0.05) is 13.8 Å². The zero-order valence-electron chi connectivity index (χ0n) is 7.73. The molecule has 0 heterocycles. The average molecular weight is 212 g/mol. The first kappa shape index (κ1) is 14.5. The summed E-state index contributed by atoms with van der Waals surface area (Å²) in [5.41, 5.74) is 0. The normalized spacial score (nSPS) is 11.4. The van der Waals surface area contributed by atoms with E-state index < -0.39 is 18.1 Å². The quantitative estimate of drug-likeness (QED) is 0.727. The summed E-state index contributed by atoms with van der Waals surface area (Å²) in [6, 6.07) is -0.891. The van der Waals surface area contributed by atoms with Crippen molar-refractivity contribution in [2.24, 2.45) is 5.92 Å². The highest BCUT2D eigenvalue weighted by molar-refractivity contribution is 5.85. The predicted molar refractivity (Wildman–Crippen MR) is 49.1 cm³/mol. The molecule has 0 fully saturated rings. The van der Waals surface area contributed by atoms with E-state index in [1.54, 1.807) is 13.8 Å². The number of carbonyl (C=O) groups excluding carboxylic acids is 1. The lowest BCUT2D eigenvalue weighted by Crippen LogP contribution is -2.44. The number of hydrogen-bond acceptors (Lipinski definition) is 3. The van der Waals surface area contributed by atoms with Crippen LogP contribution in [0.5, 0.6) is 0 Å². The van der Waals surface area contributed by atoms with Crippen molar-refractivity contribution >= 4 is 24.5 Å². The fourth-order valence-electron chi connectivity index (χ4n) is 0.699. The lowest BCUT2D eigenvalue weighted by Gasteiger charge is -2.16. The van der Waals surface area contributed by atoms with Crippen LogP contribution < -0.4 is 5.32 Å². The van der Waals surface area contributed by atoms with Gasteiger partial charge in [-0.2, -0.15) is 0 Å². The number of carboxylic acids is 1. The molecule has 0 radical (unpaired) electrons. The lowest BCUT2D eigenvalue weighted by atomic mass is 10.1. The van der Waals surface area contributed by atoms with Crippen LogP contribution in [0.25, 0.3) is 0 Å². The monoisotopic (exact) mass is 211 g/mol. The molecule has 0 saturated heterocycles. The third kappa shape index (κ3) is 5.30. The molecule has 0 spiro atoms. The Bertz CT molecular complexity index is 183. The standard InChI is InChI=1S/C7H13NO4.ClH/c1-4(2)5(6(9)10)8-7(11)12-3;/h4-5H,1-3H3,(H,8,11)(H,9,10);1H. The van der Waals surface area contributed by atoms with E-state index >= 15 is 0 Å². The van der Waals surface area contributed by atoms with E-state index in [-0.39, 0.29) is 18.3 Å². The number of rotatable bonds is 3. The minimum absolute atomic E-state index is 0. The number of carbonyl (C=O) groups is 2. The largest absolute Gasteiger partial charge is 0.480 e. The van der Waals surface area contributed by atoms with Gasteiger partial charge < -0.3 is 15.2 Å². The summed E-state index contributed by atoms with van der Waals surface area (Å²) in [4.78, 5) is 21.2. The third-order valence-electron chi connectivity index (χ3n) is 1.39. The van der Waals surface area contributed by atoms with Crippen molar-refractivity contribution in [1.82, 2.24) is 5.32 Å². The molecule has 13 heavy (non-hydrogen) atoms. The van der Waals surface area contributed by atoms with E-state index in [0.29, 0.717) is 0 Å². The van der Waals surface area contributed by atoms with Crippen LogP contribution in [0.1, 0.15) is 13.8 Å². The Morgan fingerprint density at radius 2 is 1.85 bits per heavy atom. The van der Waals surface area contributed by atoms with Gasteiger partial charge in [0, 0.05) is 0 Å². The number of ether oxygens (including phenoxy) is 1. The van der Waals surface area contributed by atoms with Crippen molar-refractivity contribution in [2.75, 3.05) is 7.11 Å². The molecule has 5 nitrogen and oxygen atoms in total. The zero-order valence-corrected chi connectivity index (χ0v) is 8.55. The average Bonchev–Trinajstić information content (AvgIpc) is 1.98. The summed E-state index contributed by atoms with van der Waals surface area (Å²) in [5.74, 6) is -1.22. The van der Waals surface area contributed by atoms with Gasteiger partial charge in [0.25, 0.3) is 0 Å². The second kappa shape index (κ2) is 6.54. The first-order chi connectivity index (χ1) is 5.49. The smallest absolute Gasteiger partial charge is 0.407 e. The maximum atomic E-state index is 10.6. The molecule has 1 atom stereocenters. The summed E-state index contributed by atoms with van der Waals surface area (Å²) in [6.07, 6.45) is -0.726. The summed E-state index contributed by atoms with van der Waals surface area (Å²) in [6.45, 7) is 3.41. The maximum Gasteiger partial charge on any atom is 0.407 e. The molecular formula is C7H14ClNO4. The number of methoxy groups -OCH3 is 1. The van der Waals surface area contributed by atoms with Gasteiger partial charge in [0.05, 0.1) is 7.11 Å². The number of amides is 1. The Balaban J connectivity index is 0. The van der Waals surface area contributed by atoms with E-state index in [0.717, 1.165) is 0 Å². The zero-order chi connectivity index (χ0) is 9.72. The SMILES string of the molecule is COC(=O)NC(C(=O)O)C(C)C.Cl. The van der Waals surface area contributed by atoms with Crippen LogP contribution >= 0.6 is 12.4 Å². The molecule has 0 aromatic heterocycles. The summed E-state index contributed by atoms with van der Waals surface area (Å²) >= 11 is 0. The van der Waals surface area contributed by atoms with Gasteiger partial charge in [0.1, 0.15) is 6.04 Å². The molecule has 0 rings (SSSR count). The van der Waals surface area contributed by atoms with Crippen LogP contribution in [0.4, 0.5) is 4.79 Å². The van der Waals surface area contributed by atoms with Gasteiger partial charge in [-0.3, -0.25) is 0 Å². The molecule has 6 heteroatoms. The molecular weight excluding hydrogens is 198 g/mol. The van der Waals surface area contributed by atoms with E-state index in [1.165, 1.54) is 7.11 Å². The Hall–Kier alpha value is -0.970. The van der Waals surface area contributed by atoms with Crippen molar-refractivity contribution in [2.45, 2.75) is 19.9 Å². The van der Waals surface area contributed by atoms with Crippen LogP contribution in [0.3, 0.4) is 0 Å². The Morgan fingerprint density at radius 1 is 1.38 bits per heavy atom. The van der Waals surface area contributed by atoms with Crippen molar-refractivity contribution < 1.29 is 19.4 Å². The number of halogens is 1. The van der Waals surface area contributed by atoms with Gasteiger partial charge in [-0.15, -0.1) is 12.4 Å². The molecule has 0 aromatic rings. The molecule has 0 aromatic carbocycles. The van der Waals surface area contributed by atoms with Crippen LogP contribution in [-0.4, -0.2) is 30.3 Å². The highest BCUT2D eigenvalue weighted by atomic mass is 35.5. The summed E-state index contributed by atoms with van der Waals surface area (Å²) in [5, 5.41) is 10.8. The second-order valence-electron chi connectivity index (χ2n) is 2.70. The number of hydrogen-bond donors (Lipinski definition) is 2. The fourth-order valence-corrected chi connectivity index (χ4v) is 0.699. The predicted octanol–water partition coefficient (Wildman–Crippen LogP) is 0.873. The molecule has 1 unspecified atom stereocenters. The van der Waals surface area contributed by atoms with Crippen LogP contribution in [0.2, 0.25) is 0 Å². The minimum Gasteiger partial charge on any atom is -0.480 e. The molecule has 0 aliphatic rings. The first-order valence-corrected chi connectivity index (χ1v) is 3.56. The van der Waals surface area contributed by atoms with Gasteiger partial charge in [0.2, 0.25) is 0 Å². The Labute approximate surface area is 82.9 Å². The first-order valence-electron chi connectivity index (χ1n) is 3.56. The van der Waals surface area contributed by atoms with Crippen LogP contribution in [-0.2, 0) is 9.53 Å². The molecule has 0 saturated carbocycles. The number of aliphatic carboxylic acids is 1. The van der Waals surface area contributed by atoms with Crippen LogP contribution in [0.15, 0.2) is 0 Å². The van der Waals surface area contributed by atoms with Crippen molar-refractivity contribution in [3.05, 3.63) is 0 Å². The van der Waals surface area contributed by atoms with Gasteiger partial charge in [-0.05, 0) is 5.92 Å². The molecule has 2 N–H and O–H groups in total. The molecule has 0 aliphatic heterocycles. The third-order valence-corrected chi connectivity index (χ3v) is 1.39. The molecule has 0 bridgehead atoms. The second-order valence-corrected chi connectivity index (χ2v) is 2.70. The van der Waals surface area contributed by atoms with Gasteiger partial charge >= 0.3 is 12.1 Å². The number of carboxylic acid groups (broad SMARTS) is 1. The lowest BCUT2D eigenvalue weighted by molar-refractivity contribution is -0.140. The highest BCUT2D eigenvalue weighted by Crippen LogP contribution is 2.01. The Kier molecular flexibility index (Phi) is 7.31. The topological polar surface area (TPSA) is 75.6 Å². The number of alkyl carbamates (subject to hydrolysis) is 1. The van der Waals surface area contributed by atoms with Crippen molar-refractivity contribution in [3.63, 3.8) is 0 Å². The Morgan fingerprint density at radius 3 is 2.08 bits per heavy atom. The molecule has 1 amide bonds. The van der Waals surface area contributed by atoms with E-state index in [9.17, 15) is 9.59 Å². The molecule has 0 aliphatic carbocycles. The van der Waals surface area contributed by atoms with E-state index in [2.05, 4.69) is 10.1 Å². The van der Waals surface area contributed by atoms with E-state index in [4.69, 9.17) is 5.11 Å². The highest BCUT2D eigenvalue weighted by Gasteiger charge is 2.23. The van der Waals surface area contributed by atoms with Crippen molar-refractivity contribution in [3.8, 4) is 0 Å². The summed E-state index contributed by atoms with van der Waals surface area (Å²) in [7, 11) is 1.19. The van der Waals surface area contributed by atoms with Crippen LogP contribution in [0, 0.1) is 5.92 Å². The van der Waals surface area contributed by atoms with E-state index in [1.807, 2.05) is 0 Å². The van der Waals surface area contributed by atoms with Crippen molar-refractivity contribution in [1.29, 1.82) is 0 Å².